The molecule has 0 amide bonds. The predicted octanol–water partition coefficient (Wildman–Crippen LogP) is 1.31. The van der Waals surface area contributed by atoms with Crippen LogP contribution in [0.25, 0.3) is 0 Å². The molecule has 0 saturated carbocycles. The Morgan fingerprint density at radius 3 is 0.900 bits per heavy atom. The van der Waals surface area contributed by atoms with Crippen LogP contribution in [0, 0.1) is 11.8 Å². The minimum absolute atomic E-state index is 0.160. The van der Waals surface area contributed by atoms with Crippen molar-refractivity contribution in [3.05, 3.63) is 0 Å². The van der Waals surface area contributed by atoms with Gasteiger partial charge in [0.2, 0.25) is 0 Å². The molecule has 0 fully saturated rings. The molecule has 0 aromatic rings. The number of rotatable bonds is 6. The lowest BCUT2D eigenvalue weighted by Crippen LogP contribution is -2.39. The molecule has 6 heteroatoms. The van der Waals surface area contributed by atoms with Crippen LogP contribution in [0.1, 0.15) is 27.7 Å². The Bertz CT molecular complexity index is 256. The maximum absolute atomic E-state index is 10.5. The highest BCUT2D eigenvalue weighted by Gasteiger charge is 2.23. The standard InChI is InChI=1S/2C7H15NO2/c2*1-5(2)6(7(9)10)8(3)4/h2*5-6H,1-4H3,(H,9,10)/t6-;/m0./s1. The molecule has 6 nitrogen and oxygen atoms in total. The fourth-order valence-corrected chi connectivity index (χ4v) is 2.20. The Morgan fingerprint density at radius 2 is 0.900 bits per heavy atom. The minimum atomic E-state index is -0.750. The van der Waals surface area contributed by atoms with Crippen molar-refractivity contribution in [2.24, 2.45) is 11.8 Å². The van der Waals surface area contributed by atoms with Gasteiger partial charge < -0.3 is 10.2 Å². The fraction of sp³-hybridized carbons (Fsp3) is 0.857. The zero-order chi connectivity index (χ0) is 16.6. The maximum atomic E-state index is 10.5. The van der Waals surface area contributed by atoms with Crippen LogP contribution in [0.2, 0.25) is 0 Å². The Hall–Kier alpha value is -1.14. The normalized spacial score (nSPS) is 14.2. The van der Waals surface area contributed by atoms with Gasteiger partial charge in [-0.2, -0.15) is 0 Å². The number of carbonyl (C=O) groups is 2. The second kappa shape index (κ2) is 9.72. The number of aliphatic carboxylic acids is 2. The van der Waals surface area contributed by atoms with E-state index in [9.17, 15) is 9.59 Å². The monoisotopic (exact) mass is 290 g/mol. The molecule has 2 N–H and O–H groups in total. The molecule has 20 heavy (non-hydrogen) atoms. The van der Waals surface area contributed by atoms with Crippen LogP contribution >= 0.6 is 0 Å². The fourth-order valence-electron chi connectivity index (χ4n) is 2.20. The van der Waals surface area contributed by atoms with E-state index in [0.29, 0.717) is 0 Å². The van der Waals surface area contributed by atoms with Gasteiger partial charge in [0.05, 0.1) is 0 Å². The number of carboxylic acid groups (broad SMARTS) is 2. The SMILES string of the molecule is CC(C)C(C(=O)O)N(C)C.CC(C)[C@@H](C(=O)O)N(C)C. The molecule has 0 radical (unpaired) electrons. The van der Waals surface area contributed by atoms with Gasteiger partial charge in [-0.15, -0.1) is 0 Å². The predicted molar refractivity (Wildman–Crippen MR) is 79.9 cm³/mol. The first-order valence-corrected chi connectivity index (χ1v) is 6.71. The number of hydrogen-bond donors (Lipinski definition) is 2. The molecule has 0 aliphatic heterocycles. The van der Waals surface area contributed by atoms with E-state index in [1.54, 1.807) is 38.0 Å². The molecule has 0 saturated heterocycles. The van der Waals surface area contributed by atoms with Gasteiger partial charge in [0, 0.05) is 0 Å². The third-order valence-electron chi connectivity index (χ3n) is 2.88. The lowest BCUT2D eigenvalue weighted by molar-refractivity contribution is -0.144. The third kappa shape index (κ3) is 8.12. The van der Waals surface area contributed by atoms with Gasteiger partial charge in [0.15, 0.2) is 0 Å². The van der Waals surface area contributed by atoms with Crippen molar-refractivity contribution in [2.45, 2.75) is 39.8 Å². The van der Waals surface area contributed by atoms with E-state index in [1.807, 2.05) is 27.7 Å². The van der Waals surface area contributed by atoms with Gasteiger partial charge in [0.25, 0.3) is 0 Å². The van der Waals surface area contributed by atoms with Crippen LogP contribution in [0.4, 0.5) is 0 Å². The summed E-state index contributed by atoms with van der Waals surface area (Å²) >= 11 is 0. The number of hydrogen-bond acceptors (Lipinski definition) is 4. The van der Waals surface area contributed by atoms with Crippen molar-refractivity contribution in [1.82, 2.24) is 9.80 Å². The molecule has 0 aromatic heterocycles. The van der Waals surface area contributed by atoms with Crippen LogP contribution in [0.15, 0.2) is 0 Å². The summed E-state index contributed by atoms with van der Waals surface area (Å²) in [6, 6.07) is -0.722. The largest absolute Gasteiger partial charge is 0.480 e. The van der Waals surface area contributed by atoms with Crippen molar-refractivity contribution >= 4 is 11.9 Å². The van der Waals surface area contributed by atoms with E-state index in [2.05, 4.69) is 0 Å². The second-order valence-electron chi connectivity index (χ2n) is 5.98. The third-order valence-corrected chi connectivity index (χ3v) is 2.88. The first-order chi connectivity index (χ1) is 8.93. The summed E-state index contributed by atoms with van der Waals surface area (Å²) in [6.07, 6.45) is 0. The number of carboxylic acids is 2. The quantitative estimate of drug-likeness (QED) is 0.768. The maximum Gasteiger partial charge on any atom is 0.321 e. The van der Waals surface area contributed by atoms with Gasteiger partial charge in [-0.05, 0) is 40.0 Å². The summed E-state index contributed by atoms with van der Waals surface area (Å²) in [5.41, 5.74) is 0. The van der Waals surface area contributed by atoms with Crippen molar-refractivity contribution in [3.8, 4) is 0 Å². The Morgan fingerprint density at radius 1 is 0.700 bits per heavy atom. The molecule has 0 aromatic carbocycles. The second-order valence-corrected chi connectivity index (χ2v) is 5.98. The van der Waals surface area contributed by atoms with Gasteiger partial charge in [-0.1, -0.05) is 27.7 Å². The van der Waals surface area contributed by atoms with Crippen molar-refractivity contribution in [2.75, 3.05) is 28.2 Å². The van der Waals surface area contributed by atoms with Crippen LogP contribution in [-0.2, 0) is 9.59 Å². The van der Waals surface area contributed by atoms with Gasteiger partial charge in [-0.25, -0.2) is 0 Å². The molecule has 120 valence electrons. The Balaban J connectivity index is 0. The zero-order valence-electron chi connectivity index (χ0n) is 13.9. The average molecular weight is 290 g/mol. The summed E-state index contributed by atoms with van der Waals surface area (Å²) in [6.45, 7) is 7.61. The van der Waals surface area contributed by atoms with Crippen molar-refractivity contribution in [1.29, 1.82) is 0 Å². The van der Waals surface area contributed by atoms with Crippen LogP contribution in [0.3, 0.4) is 0 Å². The van der Waals surface area contributed by atoms with E-state index < -0.39 is 11.9 Å². The average Bonchev–Trinajstić information content (AvgIpc) is 2.12. The summed E-state index contributed by atoms with van der Waals surface area (Å²) in [5, 5.41) is 17.3. The molecule has 0 aliphatic rings. The molecule has 0 heterocycles. The van der Waals surface area contributed by atoms with E-state index >= 15 is 0 Å². The summed E-state index contributed by atoms with van der Waals surface area (Å²) in [4.78, 5) is 24.5. The van der Waals surface area contributed by atoms with E-state index in [4.69, 9.17) is 10.2 Å². The molecule has 1 unspecified atom stereocenters. The number of nitrogens with zero attached hydrogens (tertiary/aromatic N) is 2. The van der Waals surface area contributed by atoms with E-state index in [0.717, 1.165) is 0 Å². The highest BCUT2D eigenvalue weighted by atomic mass is 16.4. The Kier molecular flexibility index (Phi) is 10.3. The summed E-state index contributed by atoms with van der Waals surface area (Å²) in [5.74, 6) is -1.18. The smallest absolute Gasteiger partial charge is 0.321 e. The van der Waals surface area contributed by atoms with Crippen molar-refractivity contribution in [3.63, 3.8) is 0 Å². The van der Waals surface area contributed by atoms with Crippen LogP contribution in [0.5, 0.6) is 0 Å². The highest BCUT2D eigenvalue weighted by Crippen LogP contribution is 2.07. The first-order valence-electron chi connectivity index (χ1n) is 6.71. The first kappa shape index (κ1) is 21.2. The Labute approximate surface area is 122 Å². The molecular formula is C14H30N2O4. The topological polar surface area (TPSA) is 81.1 Å². The van der Waals surface area contributed by atoms with Gasteiger partial charge in [0.1, 0.15) is 12.1 Å². The zero-order valence-corrected chi connectivity index (χ0v) is 13.9. The van der Waals surface area contributed by atoms with Crippen LogP contribution < -0.4 is 0 Å². The minimum Gasteiger partial charge on any atom is -0.480 e. The lowest BCUT2D eigenvalue weighted by Gasteiger charge is -2.22. The van der Waals surface area contributed by atoms with Crippen LogP contribution in [-0.4, -0.2) is 72.2 Å². The lowest BCUT2D eigenvalue weighted by atomic mass is 10.0. The molecule has 2 atom stereocenters. The highest BCUT2D eigenvalue weighted by molar-refractivity contribution is 5.74. The van der Waals surface area contributed by atoms with Crippen molar-refractivity contribution < 1.29 is 19.8 Å². The molecule has 0 rings (SSSR count). The van der Waals surface area contributed by atoms with E-state index in [1.165, 1.54) is 0 Å². The van der Waals surface area contributed by atoms with Gasteiger partial charge in [-0.3, -0.25) is 19.4 Å². The van der Waals surface area contributed by atoms with E-state index in [-0.39, 0.29) is 23.9 Å². The molecule has 0 spiro atoms. The molecule has 0 bridgehead atoms. The molecule has 0 aliphatic carbocycles. The summed E-state index contributed by atoms with van der Waals surface area (Å²) in [7, 11) is 7.11. The summed E-state index contributed by atoms with van der Waals surface area (Å²) < 4.78 is 0. The molecular weight excluding hydrogens is 260 g/mol. The number of likely N-dealkylation sites (N-methyl/N-ethyl adjacent to an activating group) is 2. The van der Waals surface area contributed by atoms with Gasteiger partial charge >= 0.3 is 11.9 Å².